The molecule has 0 spiro atoms. The molecule has 0 nitrogen and oxygen atoms in total. The van der Waals surface area contributed by atoms with Crippen LogP contribution in [-0.4, -0.2) is 11.1 Å². The van der Waals surface area contributed by atoms with E-state index >= 15 is 0 Å². The third-order valence-corrected chi connectivity index (χ3v) is 3.81. The highest BCUT2D eigenvalue weighted by Crippen LogP contribution is 2.38. The van der Waals surface area contributed by atoms with Crippen LogP contribution in [0.2, 0.25) is 5.02 Å². The van der Waals surface area contributed by atoms with Crippen molar-refractivity contribution in [2.24, 2.45) is 0 Å². The minimum Gasteiger partial charge on any atom is -0.166 e. The number of rotatable bonds is 3. The van der Waals surface area contributed by atoms with Gasteiger partial charge in [0.2, 0.25) is 0 Å². The predicted octanol–water partition coefficient (Wildman–Crippen LogP) is 4.85. The average Bonchev–Trinajstić information content (AvgIpc) is 2.14. The van der Waals surface area contributed by atoms with Gasteiger partial charge in [-0.2, -0.15) is 13.2 Å². The number of thioether (sulfide) groups is 1. The lowest BCUT2D eigenvalue weighted by atomic mass is 10.2. The Morgan fingerprint density at radius 3 is 2.53 bits per heavy atom. The summed E-state index contributed by atoms with van der Waals surface area (Å²) in [6.45, 7) is 0. The Labute approximate surface area is 103 Å². The van der Waals surface area contributed by atoms with Gasteiger partial charge in [0.15, 0.2) is 0 Å². The van der Waals surface area contributed by atoms with Gasteiger partial charge in [-0.3, -0.25) is 0 Å². The van der Waals surface area contributed by atoms with Crippen LogP contribution in [0.4, 0.5) is 13.2 Å². The van der Waals surface area contributed by atoms with E-state index in [1.165, 1.54) is 12.1 Å². The summed E-state index contributed by atoms with van der Waals surface area (Å²) in [5.74, 6) is 0.588. The van der Waals surface area contributed by atoms with Gasteiger partial charge in [-0.25, -0.2) is 0 Å². The number of hydrogen-bond acceptors (Lipinski definition) is 1. The largest absolute Gasteiger partial charge is 0.417 e. The van der Waals surface area contributed by atoms with Crippen molar-refractivity contribution in [2.75, 3.05) is 11.1 Å². The lowest BCUT2D eigenvalue weighted by molar-refractivity contribution is -0.139. The first-order chi connectivity index (χ1) is 6.95. The van der Waals surface area contributed by atoms with Crippen molar-refractivity contribution in [3.63, 3.8) is 0 Å². The zero-order chi connectivity index (χ0) is 11.5. The fourth-order valence-electron chi connectivity index (χ4n) is 0.998. The molecule has 15 heavy (non-hydrogen) atoms. The second-order valence-corrected chi connectivity index (χ2v) is 5.04. The molecule has 0 aliphatic heterocycles. The predicted molar refractivity (Wildman–Crippen MR) is 61.0 cm³/mol. The van der Waals surface area contributed by atoms with Crippen LogP contribution in [-0.2, 0) is 6.18 Å². The van der Waals surface area contributed by atoms with Crippen molar-refractivity contribution in [1.29, 1.82) is 0 Å². The van der Waals surface area contributed by atoms with Crippen LogP contribution >= 0.6 is 39.3 Å². The van der Waals surface area contributed by atoms with Crippen molar-refractivity contribution in [2.45, 2.75) is 11.1 Å². The van der Waals surface area contributed by atoms with E-state index in [0.29, 0.717) is 11.1 Å². The molecule has 0 bridgehead atoms. The van der Waals surface area contributed by atoms with Crippen LogP contribution in [0.5, 0.6) is 0 Å². The van der Waals surface area contributed by atoms with Crippen LogP contribution in [0.15, 0.2) is 23.1 Å². The Morgan fingerprint density at radius 2 is 2.00 bits per heavy atom. The smallest absolute Gasteiger partial charge is 0.166 e. The fourth-order valence-corrected chi connectivity index (χ4v) is 2.45. The molecular formula is C9H7BrClF3S. The highest BCUT2D eigenvalue weighted by atomic mass is 79.9. The summed E-state index contributed by atoms with van der Waals surface area (Å²) < 4.78 is 37.7. The first-order valence-electron chi connectivity index (χ1n) is 4.00. The third-order valence-electron chi connectivity index (χ3n) is 1.58. The normalized spacial score (nSPS) is 11.8. The maximum Gasteiger partial charge on any atom is 0.417 e. The fraction of sp³-hybridized carbons (Fsp3) is 0.333. The van der Waals surface area contributed by atoms with Crippen LogP contribution in [0.1, 0.15) is 5.56 Å². The molecule has 0 atom stereocenters. The molecule has 1 aromatic rings. The van der Waals surface area contributed by atoms with Gasteiger partial charge in [-0.1, -0.05) is 27.5 Å². The summed E-state index contributed by atoms with van der Waals surface area (Å²) in [7, 11) is 0. The SMILES string of the molecule is FC(F)(F)c1cc(Cl)ccc1SCCBr. The standard InChI is InChI=1S/C9H7BrClF3S/c10-3-4-15-8-2-1-6(11)5-7(8)9(12,13)14/h1-2,5H,3-4H2. The molecule has 84 valence electrons. The van der Waals surface area contributed by atoms with Gasteiger partial charge in [0.1, 0.15) is 0 Å². The van der Waals surface area contributed by atoms with Crippen LogP contribution in [0.3, 0.4) is 0 Å². The Bertz CT molecular complexity index is 341. The quantitative estimate of drug-likeness (QED) is 0.567. The first kappa shape index (κ1) is 13.2. The number of hydrogen-bond donors (Lipinski definition) is 0. The molecule has 0 saturated heterocycles. The maximum absolute atomic E-state index is 12.6. The molecule has 0 aromatic heterocycles. The minimum absolute atomic E-state index is 0.102. The zero-order valence-electron chi connectivity index (χ0n) is 7.44. The van der Waals surface area contributed by atoms with E-state index in [4.69, 9.17) is 11.6 Å². The number of halogens is 5. The second-order valence-electron chi connectivity index (χ2n) is 2.68. The average molecular weight is 320 g/mol. The van der Waals surface area contributed by atoms with Crippen molar-refractivity contribution in [3.8, 4) is 0 Å². The van der Waals surface area contributed by atoms with E-state index in [-0.39, 0.29) is 9.92 Å². The minimum atomic E-state index is -4.35. The molecule has 0 aliphatic carbocycles. The van der Waals surface area contributed by atoms with Crippen LogP contribution < -0.4 is 0 Å². The van der Waals surface area contributed by atoms with Gasteiger partial charge in [0.25, 0.3) is 0 Å². The number of benzene rings is 1. The van der Waals surface area contributed by atoms with E-state index in [1.807, 2.05) is 0 Å². The monoisotopic (exact) mass is 318 g/mol. The summed E-state index contributed by atoms with van der Waals surface area (Å²) >= 11 is 9.86. The zero-order valence-corrected chi connectivity index (χ0v) is 10.6. The molecule has 0 fully saturated rings. The topological polar surface area (TPSA) is 0 Å². The van der Waals surface area contributed by atoms with Gasteiger partial charge in [0.05, 0.1) is 5.56 Å². The van der Waals surface area contributed by atoms with E-state index in [1.54, 1.807) is 0 Å². The van der Waals surface area contributed by atoms with E-state index in [9.17, 15) is 13.2 Å². The maximum atomic E-state index is 12.6. The summed E-state index contributed by atoms with van der Waals surface area (Å²) in [5.41, 5.74) is -0.666. The van der Waals surface area contributed by atoms with Crippen molar-refractivity contribution < 1.29 is 13.2 Å². The van der Waals surface area contributed by atoms with Gasteiger partial charge in [-0.15, -0.1) is 11.8 Å². The Balaban J connectivity index is 3.04. The van der Waals surface area contributed by atoms with Crippen molar-refractivity contribution in [3.05, 3.63) is 28.8 Å². The Hall–Kier alpha value is 0.130. The number of alkyl halides is 4. The molecule has 0 aliphatic rings. The van der Waals surface area contributed by atoms with E-state index < -0.39 is 11.7 Å². The van der Waals surface area contributed by atoms with Gasteiger partial charge >= 0.3 is 6.18 Å². The lowest BCUT2D eigenvalue weighted by Gasteiger charge is -2.12. The molecule has 0 saturated carbocycles. The Morgan fingerprint density at radius 1 is 1.33 bits per heavy atom. The Kier molecular flexibility index (Phi) is 4.80. The molecule has 0 radical (unpaired) electrons. The van der Waals surface area contributed by atoms with Gasteiger partial charge < -0.3 is 0 Å². The molecule has 0 amide bonds. The van der Waals surface area contributed by atoms with Crippen LogP contribution in [0.25, 0.3) is 0 Å². The molecular weight excluding hydrogens is 313 g/mol. The molecule has 6 heteroatoms. The van der Waals surface area contributed by atoms with E-state index in [0.717, 1.165) is 17.8 Å². The molecule has 0 heterocycles. The second kappa shape index (κ2) is 5.46. The van der Waals surface area contributed by atoms with Gasteiger partial charge in [-0.05, 0) is 18.2 Å². The lowest BCUT2D eigenvalue weighted by Crippen LogP contribution is -2.07. The summed E-state index contributed by atoms with van der Waals surface area (Å²) in [6.07, 6.45) is -4.35. The van der Waals surface area contributed by atoms with Crippen LogP contribution in [0, 0.1) is 0 Å². The molecule has 1 aromatic carbocycles. The molecule has 1 rings (SSSR count). The van der Waals surface area contributed by atoms with E-state index in [2.05, 4.69) is 15.9 Å². The highest BCUT2D eigenvalue weighted by Gasteiger charge is 2.33. The highest BCUT2D eigenvalue weighted by molar-refractivity contribution is 9.09. The van der Waals surface area contributed by atoms with Crippen molar-refractivity contribution >= 4 is 39.3 Å². The molecule has 0 unspecified atom stereocenters. The molecule has 0 N–H and O–H groups in total. The van der Waals surface area contributed by atoms with Gasteiger partial charge in [0, 0.05) is 21.0 Å². The summed E-state index contributed by atoms with van der Waals surface area (Å²) in [6, 6.07) is 3.82. The van der Waals surface area contributed by atoms with Crippen molar-refractivity contribution in [1.82, 2.24) is 0 Å². The first-order valence-corrected chi connectivity index (χ1v) is 6.49. The third kappa shape index (κ3) is 3.89. The summed E-state index contributed by atoms with van der Waals surface area (Å²) in [4.78, 5) is 0.214. The summed E-state index contributed by atoms with van der Waals surface area (Å²) in [5, 5.41) is 0.753.